The van der Waals surface area contributed by atoms with E-state index in [1.807, 2.05) is 0 Å². The van der Waals surface area contributed by atoms with Gasteiger partial charge >= 0.3 is 0 Å². The van der Waals surface area contributed by atoms with Gasteiger partial charge in [-0.05, 0) is 32.4 Å². The fraction of sp³-hybridized carbons (Fsp3) is 1.00. The van der Waals surface area contributed by atoms with Gasteiger partial charge in [0.05, 0.1) is 11.5 Å². The maximum atomic E-state index is 11.2. The van der Waals surface area contributed by atoms with Gasteiger partial charge in [-0.2, -0.15) is 0 Å². The van der Waals surface area contributed by atoms with Crippen molar-refractivity contribution < 1.29 is 8.42 Å². The molecule has 4 nitrogen and oxygen atoms in total. The summed E-state index contributed by atoms with van der Waals surface area (Å²) in [5, 5.41) is 6.75. The van der Waals surface area contributed by atoms with Crippen molar-refractivity contribution in [2.75, 3.05) is 24.6 Å². The summed E-state index contributed by atoms with van der Waals surface area (Å²) in [6.45, 7) is 2.11. The summed E-state index contributed by atoms with van der Waals surface area (Å²) in [5.74, 6) is 0.715. The zero-order valence-electron chi connectivity index (χ0n) is 8.33. The standard InChI is InChI=1S/C9H18N2O2S/c12-14(13)6-3-9(7-14)11-8-1-4-10-5-2-8/h8-11H,1-7H2/t9-/m1/s1. The molecule has 0 radical (unpaired) electrons. The van der Waals surface area contributed by atoms with E-state index in [1.165, 1.54) is 0 Å². The van der Waals surface area contributed by atoms with E-state index < -0.39 is 9.84 Å². The molecule has 2 heterocycles. The van der Waals surface area contributed by atoms with Crippen molar-refractivity contribution in [2.45, 2.75) is 31.3 Å². The number of piperidine rings is 1. The number of sulfone groups is 1. The molecule has 2 saturated heterocycles. The average molecular weight is 218 g/mol. The van der Waals surface area contributed by atoms with Gasteiger partial charge in [-0.3, -0.25) is 0 Å². The third-order valence-corrected chi connectivity index (χ3v) is 4.81. The Balaban J connectivity index is 1.80. The molecular formula is C9H18N2O2S. The maximum absolute atomic E-state index is 11.2. The second kappa shape index (κ2) is 4.16. The first-order valence-electron chi connectivity index (χ1n) is 5.33. The minimum absolute atomic E-state index is 0.211. The Kier molecular flexibility index (Phi) is 3.09. The monoisotopic (exact) mass is 218 g/mol. The predicted octanol–water partition coefficient (Wildman–Crippen LogP) is -0.485. The molecule has 0 spiro atoms. The van der Waals surface area contributed by atoms with Crippen LogP contribution in [-0.2, 0) is 9.84 Å². The van der Waals surface area contributed by atoms with Gasteiger partial charge in [0.25, 0.3) is 0 Å². The van der Waals surface area contributed by atoms with Crippen LogP contribution in [0.3, 0.4) is 0 Å². The Hall–Kier alpha value is -0.130. The minimum Gasteiger partial charge on any atom is -0.317 e. The van der Waals surface area contributed by atoms with Crippen LogP contribution in [0.25, 0.3) is 0 Å². The number of hydrogen-bond acceptors (Lipinski definition) is 4. The molecule has 0 amide bonds. The number of nitrogens with one attached hydrogen (secondary N) is 2. The topological polar surface area (TPSA) is 58.2 Å². The van der Waals surface area contributed by atoms with Gasteiger partial charge < -0.3 is 10.6 Å². The highest BCUT2D eigenvalue weighted by molar-refractivity contribution is 7.91. The van der Waals surface area contributed by atoms with Crippen LogP contribution in [0.5, 0.6) is 0 Å². The molecule has 0 aromatic rings. The molecule has 82 valence electrons. The first kappa shape index (κ1) is 10.4. The zero-order chi connectivity index (χ0) is 10.0. The first-order chi connectivity index (χ1) is 6.66. The first-order valence-corrected chi connectivity index (χ1v) is 7.15. The molecule has 0 aromatic carbocycles. The maximum Gasteiger partial charge on any atom is 0.151 e. The summed E-state index contributed by atoms with van der Waals surface area (Å²) in [4.78, 5) is 0. The number of hydrogen-bond donors (Lipinski definition) is 2. The smallest absolute Gasteiger partial charge is 0.151 e. The lowest BCUT2D eigenvalue weighted by atomic mass is 10.1. The van der Waals surface area contributed by atoms with Crippen LogP contribution < -0.4 is 10.6 Å². The van der Waals surface area contributed by atoms with Crippen LogP contribution in [-0.4, -0.2) is 45.1 Å². The zero-order valence-corrected chi connectivity index (χ0v) is 9.15. The summed E-state index contributed by atoms with van der Waals surface area (Å²) in [5.41, 5.74) is 0. The Morgan fingerprint density at radius 2 is 1.79 bits per heavy atom. The Labute approximate surface area is 85.4 Å². The minimum atomic E-state index is -2.72. The molecule has 0 bridgehead atoms. The SMILES string of the molecule is O=S1(=O)CC[C@@H](NC2CCNCC2)C1. The van der Waals surface area contributed by atoms with Crippen molar-refractivity contribution in [2.24, 2.45) is 0 Å². The normalized spacial score (nSPS) is 33.3. The summed E-state index contributed by atoms with van der Waals surface area (Å²) in [7, 11) is -2.72. The van der Waals surface area contributed by atoms with Crippen molar-refractivity contribution in [1.29, 1.82) is 0 Å². The highest BCUT2D eigenvalue weighted by Crippen LogP contribution is 2.14. The van der Waals surface area contributed by atoms with Crippen molar-refractivity contribution in [3.8, 4) is 0 Å². The van der Waals surface area contributed by atoms with Crippen LogP contribution in [0.1, 0.15) is 19.3 Å². The van der Waals surface area contributed by atoms with Crippen molar-refractivity contribution >= 4 is 9.84 Å². The Bertz CT molecular complexity index is 283. The fourth-order valence-electron chi connectivity index (χ4n) is 2.25. The van der Waals surface area contributed by atoms with E-state index in [9.17, 15) is 8.42 Å². The van der Waals surface area contributed by atoms with Crippen LogP contribution in [0.2, 0.25) is 0 Å². The molecule has 2 fully saturated rings. The van der Waals surface area contributed by atoms with Gasteiger partial charge in [-0.1, -0.05) is 0 Å². The molecular weight excluding hydrogens is 200 g/mol. The molecule has 2 rings (SSSR count). The summed E-state index contributed by atoms with van der Waals surface area (Å²) in [6, 6.07) is 0.734. The van der Waals surface area contributed by atoms with E-state index in [0.29, 0.717) is 17.5 Å². The molecule has 5 heteroatoms. The highest BCUT2D eigenvalue weighted by Gasteiger charge is 2.29. The van der Waals surface area contributed by atoms with E-state index in [-0.39, 0.29) is 6.04 Å². The average Bonchev–Trinajstić information content (AvgIpc) is 2.47. The highest BCUT2D eigenvalue weighted by atomic mass is 32.2. The molecule has 0 aliphatic carbocycles. The van der Waals surface area contributed by atoms with Gasteiger partial charge in [0, 0.05) is 12.1 Å². The van der Waals surface area contributed by atoms with Crippen molar-refractivity contribution in [3.05, 3.63) is 0 Å². The van der Waals surface area contributed by atoms with E-state index in [4.69, 9.17) is 0 Å². The van der Waals surface area contributed by atoms with Crippen molar-refractivity contribution in [1.82, 2.24) is 10.6 Å². The Morgan fingerprint density at radius 3 is 2.36 bits per heavy atom. The predicted molar refractivity (Wildman–Crippen MR) is 56.1 cm³/mol. The lowest BCUT2D eigenvalue weighted by Crippen LogP contribution is -2.45. The summed E-state index contributed by atoms with van der Waals surface area (Å²) < 4.78 is 22.5. The van der Waals surface area contributed by atoms with Gasteiger partial charge in [0.2, 0.25) is 0 Å². The fourth-order valence-corrected chi connectivity index (χ4v) is 3.93. The summed E-state index contributed by atoms with van der Waals surface area (Å²) in [6.07, 6.45) is 3.04. The van der Waals surface area contributed by atoms with Gasteiger partial charge in [-0.25, -0.2) is 8.42 Å². The van der Waals surface area contributed by atoms with Gasteiger partial charge in [-0.15, -0.1) is 0 Å². The molecule has 0 aromatic heterocycles. The van der Waals surface area contributed by atoms with E-state index in [0.717, 1.165) is 32.4 Å². The molecule has 14 heavy (non-hydrogen) atoms. The molecule has 0 unspecified atom stereocenters. The van der Waals surface area contributed by atoms with Gasteiger partial charge in [0.1, 0.15) is 0 Å². The molecule has 1 atom stereocenters. The van der Waals surface area contributed by atoms with Crippen LogP contribution in [0.4, 0.5) is 0 Å². The third kappa shape index (κ3) is 2.68. The lowest BCUT2D eigenvalue weighted by Gasteiger charge is -2.26. The largest absolute Gasteiger partial charge is 0.317 e. The van der Waals surface area contributed by atoms with Crippen LogP contribution in [0, 0.1) is 0 Å². The van der Waals surface area contributed by atoms with E-state index in [2.05, 4.69) is 10.6 Å². The molecule has 2 aliphatic rings. The summed E-state index contributed by atoms with van der Waals surface area (Å²) >= 11 is 0. The lowest BCUT2D eigenvalue weighted by molar-refractivity contribution is 0.358. The van der Waals surface area contributed by atoms with Crippen molar-refractivity contribution in [3.63, 3.8) is 0 Å². The molecule has 2 aliphatic heterocycles. The second-order valence-corrected chi connectivity index (χ2v) is 6.52. The van der Waals surface area contributed by atoms with Crippen LogP contribution >= 0.6 is 0 Å². The third-order valence-electron chi connectivity index (χ3n) is 3.04. The molecule has 0 saturated carbocycles. The van der Waals surface area contributed by atoms with Gasteiger partial charge in [0.15, 0.2) is 9.84 Å². The van der Waals surface area contributed by atoms with Crippen LogP contribution in [0.15, 0.2) is 0 Å². The second-order valence-electron chi connectivity index (χ2n) is 4.29. The number of rotatable bonds is 2. The van der Waals surface area contributed by atoms with E-state index >= 15 is 0 Å². The Morgan fingerprint density at radius 1 is 1.07 bits per heavy atom. The quantitative estimate of drug-likeness (QED) is 0.657. The van der Waals surface area contributed by atoms with E-state index in [1.54, 1.807) is 0 Å². The molecule has 2 N–H and O–H groups in total.